The van der Waals surface area contributed by atoms with Gasteiger partial charge >= 0.3 is 0 Å². The quantitative estimate of drug-likeness (QED) is 0.794. The summed E-state index contributed by atoms with van der Waals surface area (Å²) in [6, 6.07) is 15.0. The molecule has 118 valence electrons. The number of benzene rings is 2. The highest BCUT2D eigenvalue weighted by Gasteiger charge is 2.11. The van der Waals surface area contributed by atoms with E-state index in [1.54, 1.807) is 24.3 Å². The molecule has 1 N–H and O–H groups in total. The third kappa shape index (κ3) is 4.24. The molecule has 0 aliphatic rings. The van der Waals surface area contributed by atoms with E-state index >= 15 is 0 Å². The molecule has 0 aliphatic carbocycles. The monoisotopic (exact) mass is 336 g/mol. The summed E-state index contributed by atoms with van der Waals surface area (Å²) in [5.74, 6) is 0. The average Bonchev–Trinajstić information content (AvgIpc) is 2.54. The molecule has 2 rings (SSSR count). The first-order valence-electron chi connectivity index (χ1n) is 7.43. The van der Waals surface area contributed by atoms with Gasteiger partial charge in [0.05, 0.1) is 16.3 Å². The first-order chi connectivity index (χ1) is 10.7. The lowest BCUT2D eigenvalue weighted by atomic mass is 10.2. The van der Waals surface area contributed by atoms with Gasteiger partial charge in [-0.15, -0.1) is 0 Å². The van der Waals surface area contributed by atoms with E-state index < -0.39 is 11.0 Å². The molecule has 0 spiro atoms. The molecule has 0 saturated carbocycles. The first kappa shape index (κ1) is 16.8. The topological polar surface area (TPSA) is 32.3 Å². The summed E-state index contributed by atoms with van der Waals surface area (Å²) >= 11 is 5.87. The van der Waals surface area contributed by atoms with E-state index in [1.807, 2.05) is 18.2 Å². The van der Waals surface area contributed by atoms with Crippen LogP contribution in [0.4, 0.5) is 11.4 Å². The molecule has 0 aromatic heterocycles. The van der Waals surface area contributed by atoms with Crippen molar-refractivity contribution in [2.24, 2.45) is 0 Å². The van der Waals surface area contributed by atoms with Crippen molar-refractivity contribution in [3.63, 3.8) is 0 Å². The SMILES string of the molecule is CCCN(CC)c1ccccc1NS(=O)c1ccc(Cl)cc1. The van der Waals surface area contributed by atoms with Crippen molar-refractivity contribution in [3.8, 4) is 0 Å². The standard InChI is InChI=1S/C17H21ClN2OS/c1-3-13-20(4-2)17-8-6-5-7-16(17)19-22(21)15-11-9-14(18)10-12-15/h5-12,19H,3-4,13H2,1-2H3. The minimum Gasteiger partial charge on any atom is -0.370 e. The maximum atomic E-state index is 12.5. The van der Waals surface area contributed by atoms with Gasteiger partial charge in [0.15, 0.2) is 0 Å². The molecule has 1 unspecified atom stereocenters. The lowest BCUT2D eigenvalue weighted by Gasteiger charge is -2.25. The van der Waals surface area contributed by atoms with Gasteiger partial charge in [-0.05, 0) is 49.7 Å². The molecule has 0 heterocycles. The first-order valence-corrected chi connectivity index (χ1v) is 8.96. The second kappa shape index (κ2) is 8.20. The van der Waals surface area contributed by atoms with Crippen LogP contribution in [0.3, 0.4) is 0 Å². The molecule has 0 bridgehead atoms. The summed E-state index contributed by atoms with van der Waals surface area (Å²) in [4.78, 5) is 2.99. The Morgan fingerprint density at radius 2 is 1.77 bits per heavy atom. The highest BCUT2D eigenvalue weighted by atomic mass is 35.5. The number of halogens is 1. The number of nitrogens with zero attached hydrogens (tertiary/aromatic N) is 1. The zero-order valence-electron chi connectivity index (χ0n) is 12.9. The number of hydrogen-bond acceptors (Lipinski definition) is 2. The number of anilines is 2. The molecule has 0 fully saturated rings. The number of para-hydroxylation sites is 2. The second-order valence-electron chi connectivity index (χ2n) is 4.92. The van der Waals surface area contributed by atoms with Crippen molar-refractivity contribution >= 4 is 34.0 Å². The highest BCUT2D eigenvalue weighted by Crippen LogP contribution is 2.27. The second-order valence-corrected chi connectivity index (χ2v) is 6.57. The number of rotatable bonds is 7. The van der Waals surface area contributed by atoms with E-state index in [2.05, 4.69) is 29.5 Å². The summed E-state index contributed by atoms with van der Waals surface area (Å²) in [7, 11) is -1.31. The van der Waals surface area contributed by atoms with Gasteiger partial charge in [0.2, 0.25) is 0 Å². The average molecular weight is 337 g/mol. The zero-order valence-corrected chi connectivity index (χ0v) is 14.5. The van der Waals surface area contributed by atoms with E-state index in [0.717, 1.165) is 30.9 Å². The lowest BCUT2D eigenvalue weighted by molar-refractivity contribution is 0.686. The largest absolute Gasteiger partial charge is 0.370 e. The Hall–Kier alpha value is -1.52. The molecule has 1 atom stereocenters. The van der Waals surface area contributed by atoms with Gasteiger partial charge in [0.1, 0.15) is 11.0 Å². The Balaban J connectivity index is 2.22. The van der Waals surface area contributed by atoms with Crippen LogP contribution >= 0.6 is 11.6 Å². The summed E-state index contributed by atoms with van der Waals surface area (Å²) in [6.45, 7) is 6.18. The van der Waals surface area contributed by atoms with Gasteiger partial charge in [0.25, 0.3) is 0 Å². The van der Waals surface area contributed by atoms with Crippen LogP contribution in [0.1, 0.15) is 20.3 Å². The van der Waals surface area contributed by atoms with E-state index in [9.17, 15) is 4.21 Å². The summed E-state index contributed by atoms with van der Waals surface area (Å²) in [5.41, 5.74) is 1.96. The van der Waals surface area contributed by atoms with E-state index in [1.165, 1.54) is 0 Å². The van der Waals surface area contributed by atoms with Gasteiger partial charge < -0.3 is 4.90 Å². The van der Waals surface area contributed by atoms with Crippen LogP contribution in [0.15, 0.2) is 53.4 Å². The summed E-state index contributed by atoms with van der Waals surface area (Å²) in [5, 5.41) is 0.640. The van der Waals surface area contributed by atoms with Crippen LogP contribution in [0.2, 0.25) is 5.02 Å². The Morgan fingerprint density at radius 3 is 2.41 bits per heavy atom. The van der Waals surface area contributed by atoms with Crippen molar-refractivity contribution in [3.05, 3.63) is 53.6 Å². The number of hydrogen-bond donors (Lipinski definition) is 1. The molecule has 2 aromatic carbocycles. The summed E-state index contributed by atoms with van der Waals surface area (Å²) in [6.07, 6.45) is 1.07. The molecule has 0 aliphatic heterocycles. The Bertz CT molecular complexity index is 631. The van der Waals surface area contributed by atoms with Crippen molar-refractivity contribution in [1.29, 1.82) is 0 Å². The van der Waals surface area contributed by atoms with Crippen LogP contribution in [0.25, 0.3) is 0 Å². The van der Waals surface area contributed by atoms with Gasteiger partial charge in [0, 0.05) is 18.1 Å². The summed E-state index contributed by atoms with van der Waals surface area (Å²) < 4.78 is 15.6. The van der Waals surface area contributed by atoms with Crippen molar-refractivity contribution < 1.29 is 4.21 Å². The van der Waals surface area contributed by atoms with Crippen LogP contribution in [-0.2, 0) is 11.0 Å². The molecule has 0 radical (unpaired) electrons. The van der Waals surface area contributed by atoms with Gasteiger partial charge in [-0.2, -0.15) is 0 Å². The fourth-order valence-corrected chi connectivity index (χ4v) is 3.27. The van der Waals surface area contributed by atoms with Crippen LogP contribution in [0.5, 0.6) is 0 Å². The Kier molecular flexibility index (Phi) is 6.28. The van der Waals surface area contributed by atoms with Crippen molar-refractivity contribution in [2.45, 2.75) is 25.2 Å². The minimum absolute atomic E-state index is 0.640. The smallest absolute Gasteiger partial charge is 0.150 e. The molecular weight excluding hydrogens is 316 g/mol. The molecule has 2 aromatic rings. The Labute approximate surface area is 139 Å². The van der Waals surface area contributed by atoms with Crippen LogP contribution < -0.4 is 9.62 Å². The normalized spacial score (nSPS) is 12.0. The predicted molar refractivity (Wildman–Crippen MR) is 96.1 cm³/mol. The van der Waals surface area contributed by atoms with Crippen LogP contribution in [0, 0.1) is 0 Å². The van der Waals surface area contributed by atoms with Gasteiger partial charge in [-0.1, -0.05) is 30.7 Å². The van der Waals surface area contributed by atoms with E-state index in [0.29, 0.717) is 9.92 Å². The van der Waals surface area contributed by atoms with Crippen LogP contribution in [-0.4, -0.2) is 17.3 Å². The van der Waals surface area contributed by atoms with Gasteiger partial charge in [-0.25, -0.2) is 4.21 Å². The molecular formula is C17H21ClN2OS. The maximum absolute atomic E-state index is 12.5. The fourth-order valence-electron chi connectivity index (χ4n) is 2.27. The lowest BCUT2D eigenvalue weighted by Crippen LogP contribution is -2.24. The third-order valence-corrected chi connectivity index (χ3v) is 4.71. The molecule has 0 saturated heterocycles. The zero-order chi connectivity index (χ0) is 15.9. The molecule has 5 heteroatoms. The molecule has 0 amide bonds. The third-order valence-electron chi connectivity index (χ3n) is 3.35. The van der Waals surface area contributed by atoms with E-state index in [-0.39, 0.29) is 0 Å². The molecule has 22 heavy (non-hydrogen) atoms. The highest BCUT2D eigenvalue weighted by molar-refractivity contribution is 7.86. The molecule has 3 nitrogen and oxygen atoms in total. The predicted octanol–water partition coefficient (Wildman–Crippen LogP) is 4.71. The Morgan fingerprint density at radius 1 is 1.09 bits per heavy atom. The van der Waals surface area contributed by atoms with E-state index in [4.69, 9.17) is 11.6 Å². The fraction of sp³-hybridized carbons (Fsp3) is 0.294. The minimum atomic E-state index is -1.31. The van der Waals surface area contributed by atoms with Crippen molar-refractivity contribution in [1.82, 2.24) is 0 Å². The maximum Gasteiger partial charge on any atom is 0.150 e. The number of nitrogens with one attached hydrogen (secondary N) is 1. The van der Waals surface area contributed by atoms with Gasteiger partial charge in [-0.3, -0.25) is 4.72 Å². The van der Waals surface area contributed by atoms with Crippen molar-refractivity contribution in [2.75, 3.05) is 22.7 Å².